The molecule has 3 heterocycles. The predicted octanol–water partition coefficient (Wildman–Crippen LogP) is 3.93. The Bertz CT molecular complexity index is 1410. The van der Waals surface area contributed by atoms with Crippen molar-refractivity contribution in [3.8, 4) is 5.75 Å². The zero-order chi connectivity index (χ0) is 29.5. The van der Waals surface area contributed by atoms with Gasteiger partial charge in [-0.3, -0.25) is 19.8 Å². The molecule has 2 aliphatic heterocycles. The third-order valence-electron chi connectivity index (χ3n) is 7.79. The fourth-order valence-electron chi connectivity index (χ4n) is 5.61. The number of ether oxygens (including phenoxy) is 2. The molecular formula is C31H37N5O6. The molecule has 4 N–H and O–H groups in total. The lowest BCUT2D eigenvalue weighted by Gasteiger charge is -2.35. The highest BCUT2D eigenvalue weighted by atomic mass is 16.6. The Hall–Kier alpha value is -4.22. The molecule has 3 aromatic rings. The summed E-state index contributed by atoms with van der Waals surface area (Å²) in [7, 11) is 0. The van der Waals surface area contributed by atoms with E-state index < -0.39 is 36.0 Å². The summed E-state index contributed by atoms with van der Waals surface area (Å²) in [5.74, 6) is -1.46. The Labute approximate surface area is 244 Å². The molecule has 3 atom stereocenters. The fraction of sp³-hybridized carbons (Fsp3) is 0.419. The lowest BCUT2D eigenvalue weighted by molar-refractivity contribution is -0.140. The van der Waals surface area contributed by atoms with E-state index in [0.717, 1.165) is 47.8 Å². The van der Waals surface area contributed by atoms with Crippen LogP contribution in [0.3, 0.4) is 0 Å². The van der Waals surface area contributed by atoms with Gasteiger partial charge in [0.15, 0.2) is 0 Å². The van der Waals surface area contributed by atoms with Gasteiger partial charge < -0.3 is 25.0 Å². The highest BCUT2D eigenvalue weighted by molar-refractivity contribution is 5.98. The van der Waals surface area contributed by atoms with Gasteiger partial charge in [-0.15, -0.1) is 0 Å². The van der Waals surface area contributed by atoms with E-state index in [1.807, 2.05) is 37.3 Å². The Kier molecular flexibility index (Phi) is 9.50. The van der Waals surface area contributed by atoms with Crippen LogP contribution in [0.15, 0.2) is 54.6 Å². The van der Waals surface area contributed by atoms with Crippen LogP contribution in [0, 0.1) is 12.8 Å². The number of rotatable bonds is 7. The van der Waals surface area contributed by atoms with E-state index in [4.69, 9.17) is 9.47 Å². The molecule has 2 unspecified atom stereocenters. The van der Waals surface area contributed by atoms with Gasteiger partial charge in [-0.25, -0.2) is 10.3 Å². The second-order valence-corrected chi connectivity index (χ2v) is 10.9. The molecule has 2 aliphatic rings. The highest BCUT2D eigenvalue weighted by Gasteiger charge is 2.41. The smallest absolute Gasteiger partial charge is 0.410 e. The monoisotopic (exact) mass is 575 g/mol. The third kappa shape index (κ3) is 7.15. The Morgan fingerprint density at radius 3 is 2.50 bits per heavy atom. The van der Waals surface area contributed by atoms with E-state index in [2.05, 4.69) is 15.6 Å². The van der Waals surface area contributed by atoms with Gasteiger partial charge in [-0.2, -0.15) is 0 Å². The SMILES string of the molecule is Cc1cc(COc2ccc(NC(=O)[C@H]3NCC(OC(=O)N4CCCCCC4)CC3C(=O)NO)cc2)c2ccccc2n1. The van der Waals surface area contributed by atoms with Crippen molar-refractivity contribution < 1.29 is 29.1 Å². The number of amides is 3. The minimum atomic E-state index is -0.938. The van der Waals surface area contributed by atoms with E-state index in [1.165, 1.54) is 0 Å². The number of nitrogens with one attached hydrogen (secondary N) is 3. The number of pyridine rings is 1. The van der Waals surface area contributed by atoms with Crippen LogP contribution in [0.4, 0.5) is 10.5 Å². The van der Waals surface area contributed by atoms with E-state index in [0.29, 0.717) is 31.1 Å². The van der Waals surface area contributed by atoms with Crippen molar-refractivity contribution in [2.75, 3.05) is 25.0 Å². The van der Waals surface area contributed by atoms with Gasteiger partial charge >= 0.3 is 6.09 Å². The van der Waals surface area contributed by atoms with Crippen LogP contribution in [0.2, 0.25) is 0 Å². The molecule has 2 aromatic carbocycles. The van der Waals surface area contributed by atoms with Crippen LogP contribution >= 0.6 is 0 Å². The fourth-order valence-corrected chi connectivity index (χ4v) is 5.61. The average molecular weight is 576 g/mol. The largest absolute Gasteiger partial charge is 0.489 e. The molecule has 0 spiro atoms. The Morgan fingerprint density at radius 1 is 1.02 bits per heavy atom. The number of aryl methyl sites for hydroxylation is 1. The van der Waals surface area contributed by atoms with Crippen LogP contribution in [0.1, 0.15) is 43.4 Å². The standard InChI is InChI=1S/C31H37N5O6/c1-20-16-21(25-8-4-5-9-27(25)33-20)19-41-23-12-10-22(11-13-23)34-30(38)28-26(29(37)35-40)17-24(18-32-28)42-31(39)36-14-6-2-3-7-15-36/h4-5,8-13,16,24,26,28,32,40H,2-3,6-7,14-15,17-19H2,1H3,(H,34,38)(H,35,37)/t24?,26?,28-/m0/s1. The number of benzene rings is 2. The van der Waals surface area contributed by atoms with E-state index >= 15 is 0 Å². The van der Waals surface area contributed by atoms with Gasteiger partial charge in [0, 0.05) is 42.0 Å². The predicted molar refractivity (Wildman–Crippen MR) is 156 cm³/mol. The minimum absolute atomic E-state index is 0.104. The summed E-state index contributed by atoms with van der Waals surface area (Å²) < 4.78 is 11.7. The molecular weight excluding hydrogens is 538 g/mol. The maximum absolute atomic E-state index is 13.2. The number of para-hydroxylation sites is 1. The highest BCUT2D eigenvalue weighted by Crippen LogP contribution is 2.24. The van der Waals surface area contributed by atoms with Crippen LogP contribution in [0.5, 0.6) is 5.75 Å². The van der Waals surface area contributed by atoms with Crippen molar-refractivity contribution in [1.29, 1.82) is 0 Å². The van der Waals surface area contributed by atoms with Crippen LogP contribution in [0.25, 0.3) is 10.9 Å². The van der Waals surface area contributed by atoms with Crippen molar-refractivity contribution in [3.63, 3.8) is 0 Å². The van der Waals surface area contributed by atoms with Crippen molar-refractivity contribution in [3.05, 3.63) is 65.9 Å². The van der Waals surface area contributed by atoms with Crippen molar-refractivity contribution in [1.82, 2.24) is 20.7 Å². The van der Waals surface area contributed by atoms with E-state index in [-0.39, 0.29) is 13.0 Å². The van der Waals surface area contributed by atoms with Gasteiger partial charge in [-0.05, 0) is 62.6 Å². The molecule has 1 aromatic heterocycles. The number of carbonyl (C=O) groups excluding carboxylic acids is 3. The molecule has 0 radical (unpaired) electrons. The first-order valence-electron chi connectivity index (χ1n) is 14.4. The molecule has 0 bridgehead atoms. The van der Waals surface area contributed by atoms with Gasteiger partial charge in [0.2, 0.25) is 11.8 Å². The normalized spacial score (nSPS) is 20.8. The summed E-state index contributed by atoms with van der Waals surface area (Å²) >= 11 is 0. The zero-order valence-electron chi connectivity index (χ0n) is 23.7. The number of fused-ring (bicyclic) bond motifs is 1. The van der Waals surface area contributed by atoms with Gasteiger partial charge in [0.1, 0.15) is 18.5 Å². The zero-order valence-corrected chi connectivity index (χ0v) is 23.7. The molecule has 2 saturated heterocycles. The molecule has 11 nitrogen and oxygen atoms in total. The van der Waals surface area contributed by atoms with Gasteiger partial charge in [-0.1, -0.05) is 31.0 Å². The van der Waals surface area contributed by atoms with Crippen LogP contribution in [-0.4, -0.2) is 64.8 Å². The van der Waals surface area contributed by atoms with E-state index in [9.17, 15) is 19.6 Å². The number of hydrogen-bond donors (Lipinski definition) is 4. The number of aromatic nitrogens is 1. The van der Waals surface area contributed by atoms with Crippen molar-refractivity contribution in [2.45, 2.75) is 57.8 Å². The summed E-state index contributed by atoms with van der Waals surface area (Å²) in [6, 6.07) is 16.0. The summed E-state index contributed by atoms with van der Waals surface area (Å²) in [6.07, 6.45) is 3.13. The van der Waals surface area contributed by atoms with Gasteiger partial charge in [0.05, 0.1) is 17.5 Å². The molecule has 5 rings (SSSR count). The second kappa shape index (κ2) is 13.6. The number of hydroxylamine groups is 1. The molecule has 3 amide bonds. The quantitative estimate of drug-likeness (QED) is 0.245. The maximum Gasteiger partial charge on any atom is 0.410 e. The lowest BCUT2D eigenvalue weighted by atomic mass is 9.88. The third-order valence-corrected chi connectivity index (χ3v) is 7.79. The van der Waals surface area contributed by atoms with Crippen LogP contribution < -0.4 is 20.9 Å². The Balaban J connectivity index is 1.17. The maximum atomic E-state index is 13.2. The summed E-state index contributed by atoms with van der Waals surface area (Å²) in [6.45, 7) is 3.82. The molecule has 2 fully saturated rings. The first kappa shape index (κ1) is 29.3. The first-order chi connectivity index (χ1) is 20.4. The average Bonchev–Trinajstić information content (AvgIpc) is 3.30. The van der Waals surface area contributed by atoms with Crippen molar-refractivity contribution >= 4 is 34.5 Å². The molecule has 11 heteroatoms. The Morgan fingerprint density at radius 2 is 1.76 bits per heavy atom. The number of likely N-dealkylation sites (tertiary alicyclic amines) is 1. The summed E-state index contributed by atoms with van der Waals surface area (Å²) in [5.41, 5.74) is 5.03. The topological polar surface area (TPSA) is 142 Å². The summed E-state index contributed by atoms with van der Waals surface area (Å²) in [5, 5.41) is 16.2. The second-order valence-electron chi connectivity index (χ2n) is 10.9. The minimum Gasteiger partial charge on any atom is -0.489 e. The lowest BCUT2D eigenvalue weighted by Crippen LogP contribution is -2.58. The number of hydrogen-bond acceptors (Lipinski definition) is 8. The van der Waals surface area contributed by atoms with Gasteiger partial charge in [0.25, 0.3) is 0 Å². The molecule has 0 aliphatic carbocycles. The molecule has 222 valence electrons. The number of nitrogens with zero attached hydrogens (tertiary/aromatic N) is 2. The number of anilines is 1. The molecule has 42 heavy (non-hydrogen) atoms. The molecule has 0 saturated carbocycles. The van der Waals surface area contributed by atoms with Crippen LogP contribution in [-0.2, 0) is 20.9 Å². The number of piperidine rings is 1. The first-order valence-corrected chi connectivity index (χ1v) is 14.4. The summed E-state index contributed by atoms with van der Waals surface area (Å²) in [4.78, 5) is 44.6. The van der Waals surface area contributed by atoms with Crippen molar-refractivity contribution in [2.24, 2.45) is 5.92 Å². The van der Waals surface area contributed by atoms with E-state index in [1.54, 1.807) is 34.6 Å². The number of carbonyl (C=O) groups is 3.